The first-order valence-corrected chi connectivity index (χ1v) is 38.6. The van der Waals surface area contributed by atoms with Gasteiger partial charge in [-0.25, -0.2) is 19.2 Å². The van der Waals surface area contributed by atoms with E-state index >= 15 is 9.59 Å². The number of carbonyl (C=O) groups excluding carboxylic acids is 9. The fourth-order valence-corrected chi connectivity index (χ4v) is 12.9. The smallest absolute Gasteiger partial charge is 0.414 e. The highest BCUT2D eigenvalue weighted by atomic mass is 16.6. The summed E-state index contributed by atoms with van der Waals surface area (Å²) in [5.41, 5.74) is 4.97. The summed E-state index contributed by atoms with van der Waals surface area (Å²) in [6.07, 6.45) is -0.879. The van der Waals surface area contributed by atoms with Crippen molar-refractivity contribution in [3.05, 3.63) is 328 Å². The highest BCUT2D eigenvalue weighted by Gasteiger charge is 2.38. The molecule has 2 saturated heterocycles. The van der Waals surface area contributed by atoms with E-state index in [0.717, 1.165) is 27.8 Å². The first-order chi connectivity index (χ1) is 58.6. The Morgan fingerprint density at radius 2 is 0.750 bits per heavy atom. The topological polar surface area (TPSA) is 328 Å². The molecule has 1 unspecified atom stereocenters. The molecule has 0 aliphatic carbocycles. The predicted octanol–water partition coefficient (Wildman–Crippen LogP) is 12.8. The fraction of sp³-hybridized carbons (Fsp3) is 0.194. The van der Waals surface area contributed by atoms with Crippen molar-refractivity contribution in [2.75, 3.05) is 44.4 Å². The molecule has 5 N–H and O–H groups in total. The normalized spacial score (nSPS) is 15.5. The van der Waals surface area contributed by atoms with Gasteiger partial charge in [0.1, 0.15) is 65.6 Å². The maximum atomic E-state index is 15.6. The van der Waals surface area contributed by atoms with E-state index in [9.17, 15) is 33.6 Å². The number of carbonyl (C=O) groups is 9. The Morgan fingerprint density at radius 3 is 1.18 bits per heavy atom. The van der Waals surface area contributed by atoms with Gasteiger partial charge in [-0.2, -0.15) is 0 Å². The summed E-state index contributed by atoms with van der Waals surface area (Å²) >= 11 is 0. The number of anilines is 1. The van der Waals surface area contributed by atoms with E-state index in [4.69, 9.17) is 56.8 Å². The van der Waals surface area contributed by atoms with Gasteiger partial charge >= 0.3 is 24.0 Å². The van der Waals surface area contributed by atoms with Gasteiger partial charge in [-0.1, -0.05) is 200 Å². The molecule has 3 aliphatic rings. The minimum absolute atomic E-state index is 0.0146. The van der Waals surface area contributed by atoms with Crippen LogP contribution in [0.4, 0.5) is 10.5 Å². The Labute approximate surface area is 689 Å². The lowest BCUT2D eigenvalue weighted by molar-refractivity contribution is -0.160. The lowest BCUT2D eigenvalue weighted by Gasteiger charge is -2.25. The summed E-state index contributed by atoms with van der Waals surface area (Å²) in [6, 6.07) is 71.2. The molecule has 3 aliphatic heterocycles. The summed E-state index contributed by atoms with van der Waals surface area (Å²) in [7, 11) is 0. The molecule has 120 heavy (non-hydrogen) atoms. The molecule has 3 heterocycles. The fourth-order valence-electron chi connectivity index (χ4n) is 12.9. The van der Waals surface area contributed by atoms with Crippen LogP contribution in [0.15, 0.2) is 267 Å². The maximum absolute atomic E-state index is 15.6. The van der Waals surface area contributed by atoms with E-state index in [1.165, 1.54) is 36.1 Å². The number of cyclic esters (lactones) is 4. The number of fused-ring (bicyclic) bond motifs is 2. The molecule has 610 valence electrons. The zero-order chi connectivity index (χ0) is 83.1. The number of nitrogens with zero attached hydrogens (tertiary/aromatic N) is 1. The summed E-state index contributed by atoms with van der Waals surface area (Å²) in [4.78, 5) is 131. The summed E-state index contributed by atoms with van der Waals surface area (Å²) in [5, 5.41) is 13.5. The Morgan fingerprint density at radius 1 is 0.367 bits per heavy atom. The lowest BCUT2D eigenvalue weighted by Crippen LogP contribution is -2.52. The molecule has 27 heteroatoms. The summed E-state index contributed by atoms with van der Waals surface area (Å²) in [5.74, 6) is -6.23. The predicted molar refractivity (Wildman–Crippen MR) is 436 cm³/mol. The van der Waals surface area contributed by atoms with Crippen LogP contribution in [0.25, 0.3) is 0 Å². The van der Waals surface area contributed by atoms with E-state index in [1.54, 1.807) is 97.1 Å². The van der Waals surface area contributed by atoms with Crippen LogP contribution in [-0.2, 0) is 84.2 Å². The molecule has 0 radical (unpaired) electrons. The minimum atomic E-state index is -1.98. The quantitative estimate of drug-likeness (QED) is 0.0199. The van der Waals surface area contributed by atoms with Crippen LogP contribution in [0, 0.1) is 0 Å². The van der Waals surface area contributed by atoms with Gasteiger partial charge in [0, 0.05) is 25.1 Å². The number of rotatable bonds is 31. The summed E-state index contributed by atoms with van der Waals surface area (Å²) < 4.78 is 73.8. The Kier molecular flexibility index (Phi) is 26.8. The van der Waals surface area contributed by atoms with Crippen molar-refractivity contribution in [2.24, 2.45) is 0 Å². The first kappa shape index (κ1) is 81.4. The van der Waals surface area contributed by atoms with E-state index in [2.05, 4.69) is 26.6 Å². The lowest BCUT2D eigenvalue weighted by atomic mass is 10.1. The van der Waals surface area contributed by atoms with Crippen LogP contribution in [0.2, 0.25) is 0 Å². The highest BCUT2D eigenvalue weighted by Crippen LogP contribution is 2.48. The number of amides is 6. The molecule has 0 bridgehead atoms. The van der Waals surface area contributed by atoms with E-state index < -0.39 is 91.7 Å². The molecule has 11 aromatic carbocycles. The second-order valence-electron chi connectivity index (χ2n) is 27.9. The van der Waals surface area contributed by atoms with Gasteiger partial charge in [0.25, 0.3) is 23.6 Å². The third-order valence-corrected chi connectivity index (χ3v) is 19.2. The largest absolute Gasteiger partial charge is 0.485 e. The Balaban J connectivity index is 0.755. The van der Waals surface area contributed by atoms with Crippen LogP contribution in [-0.4, -0.2) is 117 Å². The molecule has 0 aromatic heterocycles. The number of hydrogen-bond donors (Lipinski definition) is 5. The average Bonchev–Trinajstić information content (AvgIpc) is 1.42. The van der Waals surface area contributed by atoms with Crippen LogP contribution >= 0.6 is 0 Å². The summed E-state index contributed by atoms with van der Waals surface area (Å²) in [6.45, 7) is -1.30. The molecule has 4 atom stereocenters. The number of hydrogen-bond acceptors (Lipinski definition) is 21. The Bertz CT molecular complexity index is 5350. The molecule has 0 saturated carbocycles. The minimum Gasteiger partial charge on any atom is -0.485 e. The number of ether oxygens (including phenoxy) is 12. The van der Waals surface area contributed by atoms with Gasteiger partial charge in [0.2, 0.25) is 5.91 Å². The number of benzene rings is 11. The van der Waals surface area contributed by atoms with Gasteiger partial charge in [0.15, 0.2) is 75.6 Å². The van der Waals surface area contributed by atoms with Crippen molar-refractivity contribution in [1.82, 2.24) is 26.6 Å². The van der Waals surface area contributed by atoms with Gasteiger partial charge in [-0.05, 0) is 106 Å². The van der Waals surface area contributed by atoms with Crippen molar-refractivity contribution in [1.29, 1.82) is 0 Å². The van der Waals surface area contributed by atoms with Crippen LogP contribution < -0.4 is 69.4 Å². The van der Waals surface area contributed by atoms with Crippen molar-refractivity contribution in [3.63, 3.8) is 0 Å². The maximum Gasteiger partial charge on any atom is 0.414 e. The van der Waals surface area contributed by atoms with Gasteiger partial charge in [0.05, 0.1) is 35.5 Å². The zero-order valence-corrected chi connectivity index (χ0v) is 64.9. The molecular weight excluding hydrogens is 1540 g/mol. The second-order valence-corrected chi connectivity index (χ2v) is 27.9. The average molecular weight is 1620 g/mol. The van der Waals surface area contributed by atoms with E-state index in [0.29, 0.717) is 39.8 Å². The second kappa shape index (κ2) is 39.5. The van der Waals surface area contributed by atoms with Crippen LogP contribution in [0.1, 0.15) is 87.3 Å². The molecular formula is C93H82N6O21. The molecule has 27 nitrogen and oxygen atoms in total. The third kappa shape index (κ3) is 21.5. The third-order valence-electron chi connectivity index (χ3n) is 19.2. The number of para-hydroxylation sites is 2. The monoisotopic (exact) mass is 1620 g/mol. The Hall–Kier alpha value is -15.2. The van der Waals surface area contributed by atoms with E-state index in [-0.39, 0.29) is 128 Å². The molecule has 6 amide bonds. The standard InChI is InChI=1S/C93H82N6O21/c1-59(100)95-48-69-49-99(93(108)118-69)68-39-41-77-81(47-68)120-76-40-38-60(44-80(76)119-77)42-43-94-86(101)67-45-72(85(114-55-66-32-18-7-19-33-66)82(46-67)111-52-63-26-12-4-13-27-63)89(104)98-75-58-117-91(106)73(96-87(102)70-34-20-36-78(109-50-61-22-8-2-9-23-61)83(70)112-53-64-28-14-5-15-29-64)56-115-90(105)74(57-116-92(75)107)97-88(103)71-35-21-37-79(110-51-62-24-10-3-11-25-62)84(71)113-54-65-30-16-6-17-31-65/h2-41,44-47,69,73-75H,42-43,48-58H2,1H3,(H,94,101)(H,95,100)(H,96,102)(H,97,103)(H,98,104)/t69-,73-,74-,75?/m0/s1. The van der Waals surface area contributed by atoms with Crippen molar-refractivity contribution in [2.45, 2.75) is 77.2 Å². The van der Waals surface area contributed by atoms with E-state index in [1.807, 2.05) is 146 Å². The van der Waals surface area contributed by atoms with Crippen LogP contribution in [0.3, 0.4) is 0 Å². The van der Waals surface area contributed by atoms with Gasteiger partial charge in [-0.15, -0.1) is 0 Å². The van der Waals surface area contributed by atoms with Crippen molar-refractivity contribution >= 4 is 59.2 Å². The van der Waals surface area contributed by atoms with Crippen molar-refractivity contribution < 1.29 is 100.0 Å². The zero-order valence-electron chi connectivity index (χ0n) is 64.9. The molecule has 14 rings (SSSR count). The first-order valence-electron chi connectivity index (χ1n) is 38.6. The molecule has 0 spiro atoms. The number of nitrogens with one attached hydrogen (secondary N) is 5. The van der Waals surface area contributed by atoms with Gasteiger partial charge < -0.3 is 83.4 Å². The van der Waals surface area contributed by atoms with Crippen molar-refractivity contribution in [3.8, 4) is 57.5 Å². The molecule has 2 fully saturated rings. The SMILES string of the molecule is CC(=O)NC[C@H]1CN(c2ccc3c(c2)Oc2ccc(CCNC(=O)c4cc(OCc5ccccc5)c(OCc5ccccc5)c(C(=O)NC5COC(=O)[C@@H](NC(=O)c6cccc(OCc7ccccc7)c6OCc6ccccc6)COC(=O)[C@@H](NC(=O)c6cccc(OCc7ccccc7)c6OCc6ccccc6)COC5=O)c4)cc2O3)C(=O)O1. The van der Waals surface area contributed by atoms with Crippen LogP contribution in [0.5, 0.6) is 57.5 Å². The molecule has 11 aromatic rings. The highest BCUT2D eigenvalue weighted by molar-refractivity contribution is 6.05. The number of esters is 3. The van der Waals surface area contributed by atoms with Gasteiger partial charge in [-0.3, -0.25) is 28.9 Å².